The third kappa shape index (κ3) is 2.06. The Labute approximate surface area is 90.6 Å². The summed E-state index contributed by atoms with van der Waals surface area (Å²) >= 11 is 0. The van der Waals surface area contributed by atoms with E-state index >= 15 is 0 Å². The first-order chi connectivity index (χ1) is 7.24. The number of aliphatic hydroxyl groups is 2. The van der Waals surface area contributed by atoms with Crippen LogP contribution in [0.15, 0.2) is 18.2 Å². The summed E-state index contributed by atoms with van der Waals surface area (Å²) in [5.74, 6) is 0.222. The highest BCUT2D eigenvalue weighted by molar-refractivity contribution is 5.35. The van der Waals surface area contributed by atoms with Crippen LogP contribution >= 0.6 is 0 Å². The SMILES string of the molecule is CCc1ccc2c(c1)C(O)CC(CO)C2. The molecule has 0 fully saturated rings. The number of hydrogen-bond acceptors (Lipinski definition) is 2. The summed E-state index contributed by atoms with van der Waals surface area (Å²) in [5, 5.41) is 19.1. The summed E-state index contributed by atoms with van der Waals surface area (Å²) in [6.07, 6.45) is 2.20. The van der Waals surface area contributed by atoms with Gasteiger partial charge in [0.25, 0.3) is 0 Å². The predicted octanol–water partition coefficient (Wildman–Crippen LogP) is 1.84. The van der Waals surface area contributed by atoms with Gasteiger partial charge in [0.1, 0.15) is 0 Å². The number of hydrogen-bond donors (Lipinski definition) is 2. The highest BCUT2D eigenvalue weighted by Crippen LogP contribution is 2.33. The molecule has 0 amide bonds. The van der Waals surface area contributed by atoms with Crippen LogP contribution in [0.2, 0.25) is 0 Å². The van der Waals surface area contributed by atoms with Gasteiger partial charge in [-0.3, -0.25) is 0 Å². The smallest absolute Gasteiger partial charge is 0.0796 e. The molecular weight excluding hydrogens is 188 g/mol. The van der Waals surface area contributed by atoms with Crippen molar-refractivity contribution in [2.75, 3.05) is 6.61 Å². The average molecular weight is 206 g/mol. The van der Waals surface area contributed by atoms with Gasteiger partial charge in [-0.15, -0.1) is 0 Å². The van der Waals surface area contributed by atoms with Crippen LogP contribution in [0.3, 0.4) is 0 Å². The average Bonchev–Trinajstić information content (AvgIpc) is 2.28. The quantitative estimate of drug-likeness (QED) is 0.775. The minimum absolute atomic E-state index is 0.173. The van der Waals surface area contributed by atoms with Crippen molar-refractivity contribution in [1.29, 1.82) is 0 Å². The van der Waals surface area contributed by atoms with E-state index in [0.717, 1.165) is 18.4 Å². The molecule has 15 heavy (non-hydrogen) atoms. The van der Waals surface area contributed by atoms with Gasteiger partial charge in [0.2, 0.25) is 0 Å². The normalized spacial score (nSPS) is 25.0. The molecular formula is C13H18O2. The second-order valence-electron chi connectivity index (χ2n) is 4.39. The van der Waals surface area contributed by atoms with Crippen molar-refractivity contribution in [3.8, 4) is 0 Å². The van der Waals surface area contributed by atoms with Crippen molar-refractivity contribution in [1.82, 2.24) is 0 Å². The third-order valence-corrected chi connectivity index (χ3v) is 3.30. The molecule has 2 unspecified atom stereocenters. The van der Waals surface area contributed by atoms with Crippen LogP contribution in [0.4, 0.5) is 0 Å². The van der Waals surface area contributed by atoms with Crippen molar-refractivity contribution in [2.24, 2.45) is 5.92 Å². The van der Waals surface area contributed by atoms with Crippen LogP contribution in [0.1, 0.15) is 36.1 Å². The number of aryl methyl sites for hydroxylation is 1. The van der Waals surface area contributed by atoms with Crippen LogP contribution in [-0.2, 0) is 12.8 Å². The summed E-state index contributed by atoms with van der Waals surface area (Å²) in [7, 11) is 0. The predicted molar refractivity (Wildman–Crippen MR) is 59.7 cm³/mol. The van der Waals surface area contributed by atoms with Crippen LogP contribution in [0, 0.1) is 5.92 Å². The van der Waals surface area contributed by atoms with Gasteiger partial charge in [-0.1, -0.05) is 25.1 Å². The van der Waals surface area contributed by atoms with Gasteiger partial charge in [-0.2, -0.15) is 0 Å². The fourth-order valence-corrected chi connectivity index (χ4v) is 2.34. The van der Waals surface area contributed by atoms with Gasteiger partial charge < -0.3 is 10.2 Å². The largest absolute Gasteiger partial charge is 0.396 e. The first kappa shape index (κ1) is 10.7. The second kappa shape index (κ2) is 4.33. The van der Waals surface area contributed by atoms with E-state index in [1.807, 2.05) is 0 Å². The van der Waals surface area contributed by atoms with E-state index in [-0.39, 0.29) is 12.5 Å². The minimum atomic E-state index is -0.391. The molecule has 0 aliphatic heterocycles. The Morgan fingerprint density at radius 3 is 2.87 bits per heavy atom. The monoisotopic (exact) mass is 206 g/mol. The lowest BCUT2D eigenvalue weighted by Gasteiger charge is -2.27. The van der Waals surface area contributed by atoms with E-state index in [1.54, 1.807) is 0 Å². The maximum atomic E-state index is 9.97. The Bertz CT molecular complexity index is 346. The molecule has 1 aliphatic rings. The highest BCUT2D eigenvalue weighted by atomic mass is 16.3. The zero-order valence-corrected chi connectivity index (χ0v) is 9.11. The first-order valence-corrected chi connectivity index (χ1v) is 5.65. The van der Waals surface area contributed by atoms with Crippen molar-refractivity contribution in [3.05, 3.63) is 34.9 Å². The van der Waals surface area contributed by atoms with Crippen molar-refractivity contribution in [3.63, 3.8) is 0 Å². The van der Waals surface area contributed by atoms with Crippen LogP contribution in [-0.4, -0.2) is 16.8 Å². The zero-order chi connectivity index (χ0) is 10.8. The fourth-order valence-electron chi connectivity index (χ4n) is 2.34. The van der Waals surface area contributed by atoms with Crippen LogP contribution in [0.25, 0.3) is 0 Å². The lowest BCUT2D eigenvalue weighted by molar-refractivity contribution is 0.104. The standard InChI is InChI=1S/C13H18O2/c1-2-9-3-4-11-5-10(8-14)7-13(15)12(11)6-9/h3-4,6,10,13-15H,2,5,7-8H2,1H3. The van der Waals surface area contributed by atoms with Crippen LogP contribution in [0.5, 0.6) is 0 Å². The van der Waals surface area contributed by atoms with E-state index in [0.29, 0.717) is 6.42 Å². The lowest BCUT2D eigenvalue weighted by atomic mass is 9.81. The Morgan fingerprint density at radius 2 is 2.20 bits per heavy atom. The minimum Gasteiger partial charge on any atom is -0.396 e. The van der Waals surface area contributed by atoms with Crippen LogP contribution < -0.4 is 0 Å². The van der Waals surface area contributed by atoms with Crippen molar-refractivity contribution < 1.29 is 10.2 Å². The molecule has 82 valence electrons. The summed E-state index contributed by atoms with van der Waals surface area (Å²) in [4.78, 5) is 0. The van der Waals surface area contributed by atoms with E-state index in [1.165, 1.54) is 11.1 Å². The molecule has 0 bridgehead atoms. The third-order valence-electron chi connectivity index (χ3n) is 3.30. The van der Waals surface area contributed by atoms with Gasteiger partial charge in [0.05, 0.1) is 6.10 Å². The molecule has 2 N–H and O–H groups in total. The maximum Gasteiger partial charge on any atom is 0.0796 e. The summed E-state index contributed by atoms with van der Waals surface area (Å²) < 4.78 is 0. The molecule has 0 heterocycles. The van der Waals surface area contributed by atoms with Crippen molar-refractivity contribution in [2.45, 2.75) is 32.3 Å². The molecule has 0 spiro atoms. The molecule has 0 saturated carbocycles. The Morgan fingerprint density at radius 1 is 1.40 bits per heavy atom. The summed E-state index contributed by atoms with van der Waals surface area (Å²) in [5.41, 5.74) is 3.54. The molecule has 2 rings (SSSR count). The van der Waals surface area contributed by atoms with Gasteiger partial charge >= 0.3 is 0 Å². The Hall–Kier alpha value is -0.860. The maximum absolute atomic E-state index is 9.97. The number of rotatable bonds is 2. The van der Waals surface area contributed by atoms with Gasteiger partial charge in [-0.05, 0) is 41.9 Å². The van der Waals surface area contributed by atoms with E-state index in [9.17, 15) is 5.11 Å². The molecule has 2 atom stereocenters. The fraction of sp³-hybridized carbons (Fsp3) is 0.538. The number of aliphatic hydroxyl groups excluding tert-OH is 2. The molecule has 2 nitrogen and oxygen atoms in total. The molecule has 1 aromatic carbocycles. The topological polar surface area (TPSA) is 40.5 Å². The Balaban J connectivity index is 2.32. The van der Waals surface area contributed by atoms with Crippen molar-refractivity contribution >= 4 is 0 Å². The molecule has 2 heteroatoms. The second-order valence-corrected chi connectivity index (χ2v) is 4.39. The Kier molecular flexibility index (Phi) is 3.08. The molecule has 1 aromatic rings. The first-order valence-electron chi connectivity index (χ1n) is 5.65. The molecule has 0 saturated heterocycles. The van der Waals surface area contributed by atoms with Gasteiger partial charge in [0.15, 0.2) is 0 Å². The van der Waals surface area contributed by atoms with Gasteiger partial charge in [-0.25, -0.2) is 0 Å². The van der Waals surface area contributed by atoms with Gasteiger partial charge in [0, 0.05) is 6.61 Å². The highest BCUT2D eigenvalue weighted by Gasteiger charge is 2.24. The zero-order valence-electron chi connectivity index (χ0n) is 9.11. The van der Waals surface area contributed by atoms with E-state index in [2.05, 4.69) is 25.1 Å². The summed E-state index contributed by atoms with van der Waals surface area (Å²) in [6, 6.07) is 6.32. The molecule has 0 radical (unpaired) electrons. The molecule has 0 aromatic heterocycles. The number of fused-ring (bicyclic) bond motifs is 1. The lowest BCUT2D eigenvalue weighted by Crippen LogP contribution is -2.21. The van der Waals surface area contributed by atoms with E-state index in [4.69, 9.17) is 5.11 Å². The molecule has 1 aliphatic carbocycles. The number of benzene rings is 1. The van der Waals surface area contributed by atoms with E-state index < -0.39 is 6.10 Å². The summed E-state index contributed by atoms with van der Waals surface area (Å²) in [6.45, 7) is 2.29.